The van der Waals surface area contributed by atoms with E-state index in [1.165, 1.54) is 0 Å². The van der Waals surface area contributed by atoms with Crippen LogP contribution in [0.25, 0.3) is 0 Å². The summed E-state index contributed by atoms with van der Waals surface area (Å²) in [7, 11) is 1.60. The molecule has 1 heterocycles. The summed E-state index contributed by atoms with van der Waals surface area (Å²) in [4.78, 5) is 0. The highest BCUT2D eigenvalue weighted by atomic mass is 16.5. The molecule has 104 valence electrons. The van der Waals surface area contributed by atoms with Crippen LogP contribution >= 0.6 is 0 Å². The van der Waals surface area contributed by atoms with Crippen LogP contribution in [0.4, 0.5) is 0 Å². The van der Waals surface area contributed by atoms with E-state index in [-0.39, 0.29) is 11.8 Å². The molecule has 0 aromatic heterocycles. The molecule has 0 spiro atoms. The maximum absolute atomic E-state index is 9.43. The Morgan fingerprint density at radius 1 is 1.19 bits per heavy atom. The van der Waals surface area contributed by atoms with Gasteiger partial charge in [-0.25, -0.2) is 0 Å². The molecule has 21 heavy (non-hydrogen) atoms. The van der Waals surface area contributed by atoms with Gasteiger partial charge in [-0.15, -0.1) is 0 Å². The second-order valence-corrected chi connectivity index (χ2v) is 4.74. The van der Waals surface area contributed by atoms with Crippen LogP contribution in [0, 0.1) is 11.3 Å². The number of fused-ring (bicyclic) bond motifs is 1. The molecule has 0 aliphatic carbocycles. The molecule has 4 nitrogen and oxygen atoms in total. The van der Waals surface area contributed by atoms with Crippen LogP contribution < -0.4 is 15.2 Å². The number of methoxy groups -OCH3 is 1. The summed E-state index contributed by atoms with van der Waals surface area (Å²) in [5.41, 5.74) is 8.26. The van der Waals surface area contributed by atoms with Crippen LogP contribution in [0.5, 0.6) is 11.5 Å². The van der Waals surface area contributed by atoms with Crippen molar-refractivity contribution < 1.29 is 9.47 Å². The quantitative estimate of drug-likeness (QED) is 0.917. The molecule has 0 saturated heterocycles. The number of nitrogens with two attached hydrogens (primary N) is 1. The number of nitriles is 1. The lowest BCUT2D eigenvalue weighted by Gasteiger charge is -2.26. The molecule has 0 saturated carbocycles. The Hall–Kier alpha value is -2.93. The van der Waals surface area contributed by atoms with E-state index in [9.17, 15) is 5.26 Å². The van der Waals surface area contributed by atoms with Crippen LogP contribution in [-0.2, 0) is 0 Å². The zero-order chi connectivity index (χ0) is 14.8. The van der Waals surface area contributed by atoms with Crippen molar-refractivity contribution in [3.05, 3.63) is 71.1 Å². The second-order valence-electron chi connectivity index (χ2n) is 4.74. The van der Waals surface area contributed by atoms with Gasteiger partial charge in [-0.05, 0) is 11.6 Å². The van der Waals surface area contributed by atoms with Crippen LogP contribution in [-0.4, -0.2) is 7.11 Å². The molecular weight excluding hydrogens is 264 g/mol. The van der Waals surface area contributed by atoms with Crippen molar-refractivity contribution in [2.75, 3.05) is 7.11 Å². The summed E-state index contributed by atoms with van der Waals surface area (Å²) in [6.45, 7) is 0. The Kier molecular flexibility index (Phi) is 3.25. The van der Waals surface area contributed by atoms with E-state index in [1.807, 2.05) is 42.5 Å². The summed E-state index contributed by atoms with van der Waals surface area (Å²) in [5, 5.41) is 9.43. The molecule has 0 amide bonds. The van der Waals surface area contributed by atoms with E-state index >= 15 is 0 Å². The van der Waals surface area contributed by atoms with E-state index in [0.717, 1.165) is 11.1 Å². The van der Waals surface area contributed by atoms with Crippen molar-refractivity contribution in [1.29, 1.82) is 5.26 Å². The van der Waals surface area contributed by atoms with E-state index < -0.39 is 0 Å². The molecule has 0 bridgehead atoms. The molecule has 4 heteroatoms. The van der Waals surface area contributed by atoms with Gasteiger partial charge in [0.05, 0.1) is 13.0 Å². The summed E-state index contributed by atoms with van der Waals surface area (Å²) in [5.74, 6) is 1.24. The summed E-state index contributed by atoms with van der Waals surface area (Å²) < 4.78 is 10.8. The summed E-state index contributed by atoms with van der Waals surface area (Å²) >= 11 is 0. The predicted octanol–water partition coefficient (Wildman–Crippen LogP) is 2.91. The maximum atomic E-state index is 9.43. The number of ether oxygens (including phenoxy) is 2. The van der Waals surface area contributed by atoms with Crippen molar-refractivity contribution >= 4 is 0 Å². The molecule has 1 aliphatic rings. The minimum Gasteiger partial charge on any atom is -0.497 e. The van der Waals surface area contributed by atoms with Crippen molar-refractivity contribution in [3.63, 3.8) is 0 Å². The fraction of sp³-hybridized carbons (Fsp3) is 0.118. The van der Waals surface area contributed by atoms with Gasteiger partial charge in [-0.2, -0.15) is 5.26 Å². The Balaban J connectivity index is 2.20. The Morgan fingerprint density at radius 2 is 1.95 bits per heavy atom. The first-order valence-corrected chi connectivity index (χ1v) is 6.55. The fourth-order valence-corrected chi connectivity index (χ4v) is 2.55. The minimum absolute atomic E-state index is 0.145. The zero-order valence-corrected chi connectivity index (χ0v) is 11.5. The van der Waals surface area contributed by atoms with E-state index in [2.05, 4.69) is 6.07 Å². The minimum atomic E-state index is -0.217. The van der Waals surface area contributed by atoms with Crippen molar-refractivity contribution in [2.24, 2.45) is 5.73 Å². The molecular formula is C17H14N2O2. The lowest BCUT2D eigenvalue weighted by atomic mass is 9.83. The predicted molar refractivity (Wildman–Crippen MR) is 78.7 cm³/mol. The number of nitrogens with zero attached hydrogens (tertiary/aromatic N) is 1. The highest BCUT2D eigenvalue weighted by Crippen LogP contribution is 2.43. The van der Waals surface area contributed by atoms with E-state index in [0.29, 0.717) is 17.1 Å². The van der Waals surface area contributed by atoms with Crippen molar-refractivity contribution in [1.82, 2.24) is 0 Å². The van der Waals surface area contributed by atoms with Gasteiger partial charge in [-0.1, -0.05) is 36.4 Å². The third-order valence-corrected chi connectivity index (χ3v) is 3.56. The van der Waals surface area contributed by atoms with Gasteiger partial charge in [0.1, 0.15) is 23.1 Å². The van der Waals surface area contributed by atoms with Crippen LogP contribution in [0.15, 0.2) is 60.0 Å². The monoisotopic (exact) mass is 278 g/mol. The van der Waals surface area contributed by atoms with E-state index in [4.69, 9.17) is 15.2 Å². The summed E-state index contributed by atoms with van der Waals surface area (Å²) in [6, 6.07) is 17.5. The maximum Gasteiger partial charge on any atom is 0.205 e. The molecule has 1 aliphatic heterocycles. The molecule has 2 N–H and O–H groups in total. The third-order valence-electron chi connectivity index (χ3n) is 3.56. The zero-order valence-electron chi connectivity index (χ0n) is 11.5. The average molecular weight is 278 g/mol. The topological polar surface area (TPSA) is 68.3 Å². The standard InChI is InChI=1S/C17H14N2O2/c1-20-12-7-8-13-15(9-12)21-17(19)14(10-18)16(13)11-5-3-2-4-6-11/h2-9,16H,19H2,1H3. The second kappa shape index (κ2) is 5.22. The normalized spacial score (nSPS) is 16.7. The first kappa shape index (κ1) is 13.1. The van der Waals surface area contributed by atoms with Gasteiger partial charge in [0, 0.05) is 11.6 Å². The van der Waals surface area contributed by atoms with Gasteiger partial charge in [0.25, 0.3) is 0 Å². The highest BCUT2D eigenvalue weighted by Gasteiger charge is 2.30. The third kappa shape index (κ3) is 2.19. The van der Waals surface area contributed by atoms with Gasteiger partial charge >= 0.3 is 0 Å². The number of hydrogen-bond donors (Lipinski definition) is 1. The molecule has 2 aromatic rings. The molecule has 1 atom stereocenters. The van der Waals surface area contributed by atoms with Crippen molar-refractivity contribution in [2.45, 2.75) is 5.92 Å². The largest absolute Gasteiger partial charge is 0.497 e. The molecule has 0 fully saturated rings. The lowest BCUT2D eigenvalue weighted by molar-refractivity contribution is 0.381. The van der Waals surface area contributed by atoms with Crippen LogP contribution in [0.1, 0.15) is 17.0 Å². The first-order chi connectivity index (χ1) is 10.2. The van der Waals surface area contributed by atoms with Crippen molar-refractivity contribution in [3.8, 4) is 17.6 Å². The van der Waals surface area contributed by atoms with Gasteiger partial charge in [-0.3, -0.25) is 0 Å². The Labute approximate surface area is 123 Å². The highest BCUT2D eigenvalue weighted by molar-refractivity contribution is 5.57. The Morgan fingerprint density at radius 3 is 2.62 bits per heavy atom. The molecule has 3 rings (SSSR count). The van der Waals surface area contributed by atoms with E-state index in [1.54, 1.807) is 13.2 Å². The fourth-order valence-electron chi connectivity index (χ4n) is 2.55. The lowest BCUT2D eigenvalue weighted by Crippen LogP contribution is -2.21. The van der Waals surface area contributed by atoms with Crippen LogP contribution in [0.3, 0.4) is 0 Å². The van der Waals surface area contributed by atoms with Gasteiger partial charge < -0.3 is 15.2 Å². The smallest absolute Gasteiger partial charge is 0.205 e. The molecule has 2 aromatic carbocycles. The van der Waals surface area contributed by atoms with Crippen LogP contribution in [0.2, 0.25) is 0 Å². The SMILES string of the molecule is COc1ccc2c(c1)OC(N)=C(C#N)C2c1ccccc1. The number of allylic oxidation sites excluding steroid dienone is 1. The van der Waals surface area contributed by atoms with Gasteiger partial charge in [0.2, 0.25) is 5.88 Å². The first-order valence-electron chi connectivity index (χ1n) is 6.55. The number of hydrogen-bond acceptors (Lipinski definition) is 4. The molecule has 1 unspecified atom stereocenters. The van der Waals surface area contributed by atoms with Gasteiger partial charge in [0.15, 0.2) is 0 Å². The molecule has 0 radical (unpaired) electrons. The Bertz CT molecular complexity index is 745. The number of benzene rings is 2. The average Bonchev–Trinajstić information content (AvgIpc) is 2.53. The number of rotatable bonds is 2. The summed E-state index contributed by atoms with van der Waals surface area (Å²) in [6.07, 6.45) is 0.